The molecule has 3 rings (SSSR count). The van der Waals surface area contributed by atoms with Crippen LogP contribution in [0.2, 0.25) is 0 Å². The molecule has 2 aromatic carbocycles. The molecule has 1 amide bonds. The van der Waals surface area contributed by atoms with E-state index in [1.165, 1.54) is 11.0 Å². The van der Waals surface area contributed by atoms with Gasteiger partial charge in [0.1, 0.15) is 5.52 Å². The van der Waals surface area contributed by atoms with Crippen molar-refractivity contribution < 1.29 is 13.6 Å². The maximum absolute atomic E-state index is 13.4. The van der Waals surface area contributed by atoms with Crippen LogP contribution in [0, 0.1) is 11.6 Å². The first-order valence-corrected chi connectivity index (χ1v) is 8.09. The van der Waals surface area contributed by atoms with Gasteiger partial charge in [-0.1, -0.05) is 17.3 Å². The maximum atomic E-state index is 13.4. The van der Waals surface area contributed by atoms with Crippen molar-refractivity contribution in [3.05, 3.63) is 64.5 Å². The third-order valence-electron chi connectivity index (χ3n) is 4.00. The van der Waals surface area contributed by atoms with E-state index in [2.05, 4.69) is 10.3 Å². The molecule has 0 N–H and O–H groups in total. The Hall–Kier alpha value is -3.16. The summed E-state index contributed by atoms with van der Waals surface area (Å²) in [5.74, 6) is -2.33. The first-order valence-electron chi connectivity index (χ1n) is 8.09. The summed E-state index contributed by atoms with van der Waals surface area (Å²) in [5, 5.41) is 8.22. The number of nitrogens with zero attached hydrogens (tertiary/aromatic N) is 4. The molecule has 3 aromatic rings. The highest BCUT2D eigenvalue weighted by atomic mass is 19.2. The number of amides is 1. The Morgan fingerprint density at radius 2 is 1.92 bits per heavy atom. The van der Waals surface area contributed by atoms with Crippen molar-refractivity contribution in [3.8, 4) is 0 Å². The molecule has 0 aliphatic heterocycles. The molecular formula is C18H16F2N4O2. The summed E-state index contributed by atoms with van der Waals surface area (Å²) in [6.45, 7) is 2.04. The molecule has 8 heteroatoms. The van der Waals surface area contributed by atoms with Gasteiger partial charge in [-0.3, -0.25) is 9.59 Å². The van der Waals surface area contributed by atoms with Crippen molar-refractivity contribution in [3.63, 3.8) is 0 Å². The predicted molar refractivity (Wildman–Crippen MR) is 92.8 cm³/mol. The topological polar surface area (TPSA) is 68.1 Å². The minimum absolute atomic E-state index is 0.0280. The fourth-order valence-corrected chi connectivity index (χ4v) is 2.66. The van der Waals surface area contributed by atoms with Crippen molar-refractivity contribution in [2.24, 2.45) is 0 Å². The van der Waals surface area contributed by atoms with Gasteiger partial charge in [0.05, 0.1) is 11.9 Å². The summed E-state index contributed by atoms with van der Waals surface area (Å²) in [6.07, 6.45) is -0.0280. The summed E-state index contributed by atoms with van der Waals surface area (Å²) < 4.78 is 27.6. The molecule has 0 aliphatic rings. The lowest BCUT2D eigenvalue weighted by Crippen LogP contribution is -2.33. The highest BCUT2D eigenvalue weighted by molar-refractivity contribution is 5.93. The van der Waals surface area contributed by atoms with Crippen molar-refractivity contribution in [2.75, 3.05) is 11.4 Å². The molecule has 0 bridgehead atoms. The zero-order valence-corrected chi connectivity index (χ0v) is 14.0. The van der Waals surface area contributed by atoms with Crippen molar-refractivity contribution in [1.82, 2.24) is 15.0 Å². The van der Waals surface area contributed by atoms with Crippen LogP contribution in [0.1, 0.15) is 13.3 Å². The van der Waals surface area contributed by atoms with Gasteiger partial charge in [-0.05, 0) is 31.2 Å². The molecule has 134 valence electrons. The van der Waals surface area contributed by atoms with Gasteiger partial charge in [0.15, 0.2) is 11.6 Å². The molecule has 26 heavy (non-hydrogen) atoms. The molecule has 0 saturated heterocycles. The minimum atomic E-state index is -1.02. The smallest absolute Gasteiger partial charge is 0.277 e. The molecule has 0 spiro atoms. The molecule has 0 atom stereocenters. The SMILES string of the molecule is CCN(C(=O)CCn1nnc2ccccc2c1=O)c1ccc(F)c(F)c1. The molecule has 0 radical (unpaired) electrons. The first-order chi connectivity index (χ1) is 12.5. The van der Waals surface area contributed by atoms with E-state index in [0.717, 1.165) is 16.8 Å². The highest BCUT2D eigenvalue weighted by Gasteiger charge is 2.16. The lowest BCUT2D eigenvalue weighted by molar-refractivity contribution is -0.118. The Kier molecular flexibility index (Phi) is 5.01. The second-order valence-electron chi connectivity index (χ2n) is 5.62. The average molecular weight is 358 g/mol. The Labute approximate surface area is 147 Å². The Balaban J connectivity index is 1.78. The quantitative estimate of drug-likeness (QED) is 0.703. The molecule has 6 nitrogen and oxygen atoms in total. The van der Waals surface area contributed by atoms with Crippen LogP contribution < -0.4 is 10.5 Å². The lowest BCUT2D eigenvalue weighted by atomic mass is 10.2. The molecular weight excluding hydrogens is 342 g/mol. The molecule has 1 aromatic heterocycles. The Morgan fingerprint density at radius 1 is 1.15 bits per heavy atom. The highest BCUT2D eigenvalue weighted by Crippen LogP contribution is 2.18. The molecule has 0 unspecified atom stereocenters. The van der Waals surface area contributed by atoms with Gasteiger partial charge in [0.2, 0.25) is 5.91 Å². The zero-order valence-electron chi connectivity index (χ0n) is 14.0. The minimum Gasteiger partial charge on any atom is -0.313 e. The second-order valence-corrected chi connectivity index (χ2v) is 5.62. The summed E-state index contributed by atoms with van der Waals surface area (Å²) in [5.41, 5.74) is 0.407. The van der Waals surface area contributed by atoms with Gasteiger partial charge in [-0.2, -0.15) is 0 Å². The fourth-order valence-electron chi connectivity index (χ4n) is 2.66. The number of fused-ring (bicyclic) bond motifs is 1. The van der Waals surface area contributed by atoms with Gasteiger partial charge in [0, 0.05) is 24.7 Å². The number of halogens is 2. The van der Waals surface area contributed by atoms with E-state index in [9.17, 15) is 18.4 Å². The standard InChI is InChI=1S/C18H16F2N4O2/c1-2-23(12-7-8-14(19)15(20)11-12)17(25)9-10-24-18(26)13-5-3-4-6-16(13)21-22-24/h3-8,11H,2,9-10H2,1H3. The summed E-state index contributed by atoms with van der Waals surface area (Å²) >= 11 is 0. The fraction of sp³-hybridized carbons (Fsp3) is 0.222. The number of hydrogen-bond acceptors (Lipinski definition) is 4. The zero-order chi connectivity index (χ0) is 18.7. The second kappa shape index (κ2) is 7.38. The van der Waals surface area contributed by atoms with E-state index < -0.39 is 11.6 Å². The van der Waals surface area contributed by atoms with E-state index in [4.69, 9.17) is 0 Å². The number of benzene rings is 2. The van der Waals surface area contributed by atoms with Gasteiger partial charge in [-0.25, -0.2) is 13.5 Å². The monoisotopic (exact) mass is 358 g/mol. The summed E-state index contributed by atoms with van der Waals surface area (Å²) in [4.78, 5) is 26.2. The lowest BCUT2D eigenvalue weighted by Gasteiger charge is -2.21. The molecule has 0 saturated carbocycles. The van der Waals surface area contributed by atoms with Crippen LogP contribution in [0.15, 0.2) is 47.3 Å². The maximum Gasteiger partial charge on any atom is 0.277 e. The van der Waals surface area contributed by atoms with Crippen LogP contribution in [0.3, 0.4) is 0 Å². The van der Waals surface area contributed by atoms with Crippen LogP contribution in [-0.2, 0) is 11.3 Å². The van der Waals surface area contributed by atoms with Crippen molar-refractivity contribution in [1.29, 1.82) is 0 Å². The van der Waals surface area contributed by atoms with E-state index in [1.807, 2.05) is 0 Å². The van der Waals surface area contributed by atoms with Gasteiger partial charge >= 0.3 is 0 Å². The van der Waals surface area contributed by atoms with Gasteiger partial charge < -0.3 is 4.90 Å². The number of hydrogen-bond donors (Lipinski definition) is 0. The number of rotatable bonds is 5. The largest absolute Gasteiger partial charge is 0.313 e. The molecule has 1 heterocycles. The van der Waals surface area contributed by atoms with Gasteiger partial charge in [0.25, 0.3) is 5.56 Å². The number of carbonyl (C=O) groups is 1. The third-order valence-corrected chi connectivity index (χ3v) is 4.00. The summed E-state index contributed by atoms with van der Waals surface area (Å²) in [7, 11) is 0. The van der Waals surface area contributed by atoms with Crippen LogP contribution in [0.4, 0.5) is 14.5 Å². The first kappa shape index (κ1) is 17.7. The third kappa shape index (κ3) is 3.44. The van der Waals surface area contributed by atoms with E-state index in [1.54, 1.807) is 31.2 Å². The number of aryl methyl sites for hydroxylation is 1. The predicted octanol–water partition coefficient (Wildman–Crippen LogP) is 2.51. The molecule has 0 aliphatic carbocycles. The summed E-state index contributed by atoms with van der Waals surface area (Å²) in [6, 6.07) is 10.1. The van der Waals surface area contributed by atoms with Gasteiger partial charge in [-0.15, -0.1) is 5.10 Å². The van der Waals surface area contributed by atoms with E-state index in [0.29, 0.717) is 10.9 Å². The van der Waals surface area contributed by atoms with Crippen LogP contribution in [0.5, 0.6) is 0 Å². The number of carbonyl (C=O) groups excluding carboxylic acids is 1. The van der Waals surface area contributed by atoms with E-state index >= 15 is 0 Å². The number of aromatic nitrogens is 3. The van der Waals surface area contributed by atoms with Crippen LogP contribution in [0.25, 0.3) is 10.9 Å². The van der Waals surface area contributed by atoms with Crippen LogP contribution in [-0.4, -0.2) is 27.4 Å². The Morgan fingerprint density at radius 3 is 2.65 bits per heavy atom. The molecule has 0 fully saturated rings. The van der Waals surface area contributed by atoms with Crippen molar-refractivity contribution in [2.45, 2.75) is 19.9 Å². The van der Waals surface area contributed by atoms with E-state index in [-0.39, 0.29) is 36.7 Å². The Bertz CT molecular complexity index is 1020. The normalized spacial score (nSPS) is 10.9. The van der Waals surface area contributed by atoms with Crippen LogP contribution >= 0.6 is 0 Å². The number of anilines is 1. The average Bonchev–Trinajstić information content (AvgIpc) is 2.65. The van der Waals surface area contributed by atoms with Crippen molar-refractivity contribution >= 4 is 22.5 Å².